The topological polar surface area (TPSA) is 66.9 Å². The number of nitrogens with zero attached hydrogens (tertiary/aromatic N) is 2. The second-order valence-corrected chi connectivity index (χ2v) is 8.70. The van der Waals surface area contributed by atoms with Crippen molar-refractivity contribution in [1.29, 1.82) is 0 Å². The van der Waals surface area contributed by atoms with Crippen LogP contribution >= 0.6 is 23.1 Å². The Labute approximate surface area is 135 Å². The van der Waals surface area contributed by atoms with E-state index in [0.29, 0.717) is 5.92 Å². The number of thioether (sulfide) groups is 1. The Bertz CT molecular complexity index is 460. The van der Waals surface area contributed by atoms with Crippen LogP contribution in [-0.2, 0) is 4.79 Å². The van der Waals surface area contributed by atoms with Crippen LogP contribution in [0.2, 0.25) is 0 Å². The van der Waals surface area contributed by atoms with E-state index >= 15 is 0 Å². The Balaban J connectivity index is 2.51. The number of hydrogen-bond acceptors (Lipinski definition) is 6. The first-order chi connectivity index (χ1) is 9.73. The van der Waals surface area contributed by atoms with Crippen molar-refractivity contribution in [3.8, 4) is 0 Å². The summed E-state index contributed by atoms with van der Waals surface area (Å²) in [5.74, 6) is 0.602. The summed E-state index contributed by atoms with van der Waals surface area (Å²) in [6.45, 7) is 13.2. The van der Waals surface area contributed by atoms with Crippen molar-refractivity contribution in [2.24, 2.45) is 5.92 Å². The molecule has 1 heterocycles. The highest BCUT2D eigenvalue weighted by Gasteiger charge is 2.23. The lowest BCUT2D eigenvalue weighted by Gasteiger charge is -2.26. The molecule has 5 nitrogen and oxygen atoms in total. The van der Waals surface area contributed by atoms with Gasteiger partial charge in [0.1, 0.15) is 0 Å². The molecule has 120 valence electrons. The predicted molar refractivity (Wildman–Crippen MR) is 91.1 cm³/mol. The van der Waals surface area contributed by atoms with Gasteiger partial charge in [-0.15, -0.1) is 10.2 Å². The van der Waals surface area contributed by atoms with Crippen LogP contribution in [0, 0.1) is 5.92 Å². The van der Waals surface area contributed by atoms with Crippen LogP contribution < -0.4 is 10.6 Å². The van der Waals surface area contributed by atoms with E-state index in [1.54, 1.807) is 0 Å². The molecular formula is C14H26N4OS2. The maximum Gasteiger partial charge on any atom is 0.233 e. The highest BCUT2D eigenvalue weighted by molar-refractivity contribution is 8.02. The number of nitrogens with one attached hydrogen (secondary N) is 2. The van der Waals surface area contributed by atoms with Crippen molar-refractivity contribution < 1.29 is 4.79 Å². The van der Waals surface area contributed by atoms with Gasteiger partial charge in [-0.2, -0.15) is 0 Å². The molecular weight excluding hydrogens is 304 g/mol. The molecule has 0 aromatic carbocycles. The summed E-state index contributed by atoms with van der Waals surface area (Å²) < 4.78 is 0.818. The average molecular weight is 331 g/mol. The van der Waals surface area contributed by atoms with Gasteiger partial charge in [-0.05, 0) is 33.1 Å². The fourth-order valence-corrected chi connectivity index (χ4v) is 3.25. The highest BCUT2D eigenvalue weighted by Crippen LogP contribution is 2.29. The Morgan fingerprint density at radius 3 is 2.57 bits per heavy atom. The van der Waals surface area contributed by atoms with E-state index in [1.807, 2.05) is 20.8 Å². The lowest BCUT2D eigenvalue weighted by atomic mass is 10.0. The largest absolute Gasteiger partial charge is 0.360 e. The third kappa shape index (κ3) is 6.65. The van der Waals surface area contributed by atoms with E-state index in [0.717, 1.165) is 22.4 Å². The molecule has 7 heteroatoms. The SMILES string of the molecule is CCC(C)(C)NC(=O)C(C)Sc1nnc(NCC(C)C)s1. The summed E-state index contributed by atoms with van der Waals surface area (Å²) in [7, 11) is 0. The van der Waals surface area contributed by atoms with E-state index in [4.69, 9.17) is 0 Å². The van der Waals surface area contributed by atoms with Crippen molar-refractivity contribution in [3.05, 3.63) is 0 Å². The summed E-state index contributed by atoms with van der Waals surface area (Å²) in [6.07, 6.45) is 0.901. The fourth-order valence-electron chi connectivity index (χ4n) is 1.35. The lowest BCUT2D eigenvalue weighted by molar-refractivity contribution is -0.121. The van der Waals surface area contributed by atoms with Crippen LogP contribution in [0.1, 0.15) is 48.0 Å². The van der Waals surface area contributed by atoms with Crippen molar-refractivity contribution in [2.45, 2.75) is 63.1 Å². The van der Waals surface area contributed by atoms with Crippen LogP contribution in [0.15, 0.2) is 4.34 Å². The molecule has 0 bridgehead atoms. The summed E-state index contributed by atoms with van der Waals surface area (Å²) in [5.41, 5.74) is -0.170. The van der Waals surface area contributed by atoms with Crippen LogP contribution in [0.4, 0.5) is 5.13 Å². The second-order valence-electron chi connectivity index (χ2n) is 6.13. The number of carbonyl (C=O) groups excluding carboxylic acids is 1. The van der Waals surface area contributed by atoms with Gasteiger partial charge >= 0.3 is 0 Å². The Kier molecular flexibility index (Phi) is 6.93. The summed E-state index contributed by atoms with van der Waals surface area (Å²) in [6, 6.07) is 0. The van der Waals surface area contributed by atoms with Gasteiger partial charge < -0.3 is 10.6 Å². The molecule has 1 atom stereocenters. The van der Waals surface area contributed by atoms with Crippen molar-refractivity contribution in [2.75, 3.05) is 11.9 Å². The van der Waals surface area contributed by atoms with Gasteiger partial charge in [-0.1, -0.05) is 43.9 Å². The van der Waals surface area contributed by atoms with Gasteiger partial charge in [0.2, 0.25) is 11.0 Å². The zero-order chi connectivity index (χ0) is 16.0. The standard InChI is InChI=1S/C14H26N4OS2/c1-7-14(5,6)16-11(19)10(4)20-13-18-17-12(21-13)15-8-9(2)3/h9-10H,7-8H2,1-6H3,(H,15,17)(H,16,19). The Morgan fingerprint density at radius 2 is 2.00 bits per heavy atom. The minimum absolute atomic E-state index is 0.0405. The number of aromatic nitrogens is 2. The first kappa shape index (κ1) is 18.2. The summed E-state index contributed by atoms with van der Waals surface area (Å²) >= 11 is 2.94. The molecule has 0 fully saturated rings. The molecule has 0 aliphatic heterocycles. The molecule has 0 saturated carbocycles. The molecule has 2 N–H and O–H groups in total. The van der Waals surface area contributed by atoms with E-state index in [1.165, 1.54) is 23.1 Å². The zero-order valence-electron chi connectivity index (χ0n) is 13.7. The second kappa shape index (κ2) is 7.98. The first-order valence-electron chi connectivity index (χ1n) is 7.29. The van der Waals surface area contributed by atoms with Crippen molar-refractivity contribution >= 4 is 34.1 Å². The van der Waals surface area contributed by atoms with E-state index in [9.17, 15) is 4.79 Å². The molecule has 1 unspecified atom stereocenters. The van der Waals surface area contributed by atoms with E-state index < -0.39 is 0 Å². The molecule has 0 spiro atoms. The monoisotopic (exact) mass is 330 g/mol. The van der Waals surface area contributed by atoms with Crippen molar-refractivity contribution in [1.82, 2.24) is 15.5 Å². The zero-order valence-corrected chi connectivity index (χ0v) is 15.3. The van der Waals surface area contributed by atoms with Crippen LogP contribution in [0.3, 0.4) is 0 Å². The normalized spacial score (nSPS) is 13.3. The predicted octanol–water partition coefficient (Wildman–Crippen LogP) is 3.39. The van der Waals surface area contributed by atoms with Crippen LogP contribution in [0.25, 0.3) is 0 Å². The van der Waals surface area contributed by atoms with Gasteiger partial charge in [0.05, 0.1) is 5.25 Å². The average Bonchev–Trinajstić information content (AvgIpc) is 2.83. The first-order valence-corrected chi connectivity index (χ1v) is 8.99. The minimum atomic E-state index is -0.179. The molecule has 1 aromatic heterocycles. The lowest BCUT2D eigenvalue weighted by Crippen LogP contribution is -2.46. The molecule has 0 aliphatic rings. The number of amides is 1. The van der Waals surface area contributed by atoms with Gasteiger partial charge in [-0.3, -0.25) is 4.79 Å². The fraction of sp³-hybridized carbons (Fsp3) is 0.786. The third-order valence-corrected chi connectivity index (χ3v) is 5.13. The van der Waals surface area contributed by atoms with Gasteiger partial charge in [0, 0.05) is 12.1 Å². The highest BCUT2D eigenvalue weighted by atomic mass is 32.2. The number of carbonyl (C=O) groups is 1. The number of hydrogen-bond donors (Lipinski definition) is 2. The quantitative estimate of drug-likeness (QED) is 0.715. The number of rotatable bonds is 8. The molecule has 21 heavy (non-hydrogen) atoms. The molecule has 1 aromatic rings. The minimum Gasteiger partial charge on any atom is -0.360 e. The van der Waals surface area contributed by atoms with E-state index in [-0.39, 0.29) is 16.7 Å². The van der Waals surface area contributed by atoms with Gasteiger partial charge in [-0.25, -0.2) is 0 Å². The summed E-state index contributed by atoms with van der Waals surface area (Å²) in [4.78, 5) is 12.2. The summed E-state index contributed by atoms with van der Waals surface area (Å²) in [5, 5.41) is 15.2. The van der Waals surface area contributed by atoms with Crippen LogP contribution in [0.5, 0.6) is 0 Å². The molecule has 0 saturated heterocycles. The van der Waals surface area contributed by atoms with Crippen LogP contribution in [-0.4, -0.2) is 33.4 Å². The Hall–Kier alpha value is -0.820. The maximum absolute atomic E-state index is 12.2. The molecule has 0 radical (unpaired) electrons. The van der Waals surface area contributed by atoms with E-state index in [2.05, 4.69) is 41.6 Å². The van der Waals surface area contributed by atoms with Crippen molar-refractivity contribution in [3.63, 3.8) is 0 Å². The molecule has 1 rings (SSSR count). The van der Waals surface area contributed by atoms with Gasteiger partial charge in [0.15, 0.2) is 4.34 Å². The molecule has 0 aliphatic carbocycles. The molecule has 1 amide bonds. The maximum atomic E-state index is 12.2. The van der Waals surface area contributed by atoms with Gasteiger partial charge in [0.25, 0.3) is 0 Å². The Morgan fingerprint density at radius 1 is 1.33 bits per heavy atom. The number of anilines is 1. The third-order valence-electron chi connectivity index (χ3n) is 3.06. The smallest absolute Gasteiger partial charge is 0.233 e.